The Bertz CT molecular complexity index is 951. The molecule has 1 N–H and O–H groups in total. The van der Waals surface area contributed by atoms with Gasteiger partial charge >= 0.3 is 5.69 Å². The van der Waals surface area contributed by atoms with Crippen LogP contribution in [0.1, 0.15) is 18.2 Å². The van der Waals surface area contributed by atoms with Crippen LogP contribution in [-0.2, 0) is 18.4 Å². The van der Waals surface area contributed by atoms with Crippen molar-refractivity contribution in [3.8, 4) is 0 Å². The molecule has 1 unspecified atom stereocenters. The predicted octanol–water partition coefficient (Wildman–Crippen LogP) is 1.08. The van der Waals surface area contributed by atoms with Crippen LogP contribution in [0.25, 0.3) is 11.0 Å². The van der Waals surface area contributed by atoms with Crippen molar-refractivity contribution in [1.82, 2.24) is 24.0 Å². The molecule has 0 saturated carbocycles. The molecule has 1 aliphatic heterocycles. The summed E-state index contributed by atoms with van der Waals surface area (Å²) in [4.78, 5) is 33.7. The van der Waals surface area contributed by atoms with E-state index in [1.807, 2.05) is 47.0 Å². The van der Waals surface area contributed by atoms with E-state index >= 15 is 0 Å². The topological polar surface area (TPSA) is 75.9 Å². The Morgan fingerprint density at radius 1 is 1.38 bits per heavy atom. The summed E-state index contributed by atoms with van der Waals surface area (Å²) in [5.41, 5.74) is 1.27. The first-order chi connectivity index (χ1) is 11.6. The quantitative estimate of drug-likeness (QED) is 0.783. The molecule has 7 nitrogen and oxygen atoms in total. The third-order valence-corrected chi connectivity index (χ3v) is 4.74. The number of hydrogen-bond acceptors (Lipinski definition) is 3. The number of hydrogen-bond donors (Lipinski definition) is 1. The lowest BCUT2D eigenvalue weighted by molar-refractivity contribution is -0.130. The molecule has 124 valence electrons. The Morgan fingerprint density at radius 2 is 2.21 bits per heavy atom. The number of rotatable bonds is 3. The molecule has 2 aromatic heterocycles. The van der Waals surface area contributed by atoms with Crippen LogP contribution < -0.4 is 5.69 Å². The van der Waals surface area contributed by atoms with Crippen LogP contribution in [0.3, 0.4) is 0 Å². The van der Waals surface area contributed by atoms with E-state index in [4.69, 9.17) is 0 Å². The standard InChI is InChI=1S/C17H19N5O2/c1-20-9-7-18-16(20)12-6-8-21(10-12)15(23)11-22-14-5-3-2-4-13(14)19-17(22)24/h2-5,7,9,12H,6,8,10-11H2,1H3,(H,19,24). The first kappa shape index (κ1) is 14.7. The van der Waals surface area contributed by atoms with Crippen molar-refractivity contribution >= 4 is 16.9 Å². The summed E-state index contributed by atoms with van der Waals surface area (Å²) < 4.78 is 3.51. The highest BCUT2D eigenvalue weighted by Gasteiger charge is 2.29. The predicted molar refractivity (Wildman–Crippen MR) is 89.7 cm³/mol. The number of amides is 1. The van der Waals surface area contributed by atoms with Crippen LogP contribution in [0, 0.1) is 0 Å². The molecular weight excluding hydrogens is 306 g/mol. The number of carbonyl (C=O) groups excluding carboxylic acids is 1. The van der Waals surface area contributed by atoms with Gasteiger partial charge in [0.15, 0.2) is 0 Å². The molecule has 0 aliphatic carbocycles. The molecular formula is C17H19N5O2. The van der Waals surface area contributed by atoms with Gasteiger partial charge in [0.1, 0.15) is 12.4 Å². The van der Waals surface area contributed by atoms with Gasteiger partial charge in [-0.3, -0.25) is 9.36 Å². The van der Waals surface area contributed by atoms with E-state index < -0.39 is 0 Å². The van der Waals surface area contributed by atoms with Gasteiger partial charge in [0.25, 0.3) is 0 Å². The molecule has 0 bridgehead atoms. The molecule has 0 radical (unpaired) electrons. The van der Waals surface area contributed by atoms with E-state index in [0.29, 0.717) is 13.1 Å². The summed E-state index contributed by atoms with van der Waals surface area (Å²) in [6.45, 7) is 1.42. The van der Waals surface area contributed by atoms with E-state index in [2.05, 4.69) is 9.97 Å². The molecule has 7 heteroatoms. The van der Waals surface area contributed by atoms with Crippen LogP contribution in [0.5, 0.6) is 0 Å². The third-order valence-electron chi connectivity index (χ3n) is 4.74. The maximum absolute atomic E-state index is 12.6. The largest absolute Gasteiger partial charge is 0.340 e. The molecule has 1 aliphatic rings. The number of H-pyrrole nitrogens is 1. The van der Waals surface area contributed by atoms with Crippen molar-refractivity contribution in [2.75, 3.05) is 13.1 Å². The zero-order valence-corrected chi connectivity index (χ0v) is 13.5. The summed E-state index contributed by atoms with van der Waals surface area (Å²) in [5.74, 6) is 1.24. The van der Waals surface area contributed by atoms with Gasteiger partial charge in [-0.1, -0.05) is 12.1 Å². The van der Waals surface area contributed by atoms with E-state index in [9.17, 15) is 9.59 Å². The van der Waals surface area contributed by atoms with Crippen LogP contribution in [0.4, 0.5) is 0 Å². The van der Waals surface area contributed by atoms with Gasteiger partial charge in [-0.25, -0.2) is 9.78 Å². The number of para-hydroxylation sites is 2. The van der Waals surface area contributed by atoms with Crippen LogP contribution in [-0.4, -0.2) is 43.0 Å². The van der Waals surface area contributed by atoms with Gasteiger partial charge in [-0.2, -0.15) is 0 Å². The Hall–Kier alpha value is -2.83. The van der Waals surface area contributed by atoms with E-state index in [0.717, 1.165) is 23.3 Å². The van der Waals surface area contributed by atoms with Crippen molar-refractivity contribution in [2.45, 2.75) is 18.9 Å². The molecule has 1 atom stereocenters. The highest BCUT2D eigenvalue weighted by Crippen LogP contribution is 2.25. The van der Waals surface area contributed by atoms with E-state index in [1.165, 1.54) is 4.57 Å². The molecule has 1 aromatic carbocycles. The Labute approximate surface area is 138 Å². The number of likely N-dealkylation sites (tertiary alicyclic amines) is 1. The molecule has 0 spiro atoms. The van der Waals surface area contributed by atoms with Gasteiger partial charge in [0, 0.05) is 38.4 Å². The van der Waals surface area contributed by atoms with Gasteiger partial charge in [0.05, 0.1) is 11.0 Å². The van der Waals surface area contributed by atoms with Gasteiger partial charge < -0.3 is 14.5 Å². The zero-order chi connectivity index (χ0) is 16.7. The molecule has 3 heterocycles. The van der Waals surface area contributed by atoms with Crippen molar-refractivity contribution in [1.29, 1.82) is 0 Å². The van der Waals surface area contributed by atoms with E-state index in [-0.39, 0.29) is 24.1 Å². The minimum atomic E-state index is -0.246. The fourth-order valence-electron chi connectivity index (χ4n) is 3.47. The average Bonchev–Trinajstić information content (AvgIpc) is 3.27. The Balaban J connectivity index is 1.52. The lowest BCUT2D eigenvalue weighted by Gasteiger charge is -2.17. The van der Waals surface area contributed by atoms with Gasteiger partial charge in [-0.05, 0) is 18.6 Å². The molecule has 4 rings (SSSR count). The van der Waals surface area contributed by atoms with Crippen LogP contribution >= 0.6 is 0 Å². The number of fused-ring (bicyclic) bond motifs is 1. The fourth-order valence-corrected chi connectivity index (χ4v) is 3.47. The van der Waals surface area contributed by atoms with Gasteiger partial charge in [-0.15, -0.1) is 0 Å². The van der Waals surface area contributed by atoms with Gasteiger partial charge in [0.2, 0.25) is 5.91 Å². The number of carbonyl (C=O) groups is 1. The van der Waals surface area contributed by atoms with Crippen molar-refractivity contribution in [3.63, 3.8) is 0 Å². The van der Waals surface area contributed by atoms with Crippen molar-refractivity contribution in [2.24, 2.45) is 7.05 Å². The molecule has 24 heavy (non-hydrogen) atoms. The van der Waals surface area contributed by atoms with Crippen LogP contribution in [0.15, 0.2) is 41.5 Å². The first-order valence-corrected chi connectivity index (χ1v) is 8.06. The molecule has 3 aromatic rings. The number of nitrogens with one attached hydrogen (secondary N) is 1. The lowest BCUT2D eigenvalue weighted by Crippen LogP contribution is -2.34. The smallest absolute Gasteiger partial charge is 0.326 e. The van der Waals surface area contributed by atoms with Crippen LogP contribution in [0.2, 0.25) is 0 Å². The second-order valence-corrected chi connectivity index (χ2v) is 6.26. The maximum Gasteiger partial charge on any atom is 0.326 e. The molecule has 1 saturated heterocycles. The highest BCUT2D eigenvalue weighted by molar-refractivity contribution is 5.80. The summed E-state index contributed by atoms with van der Waals surface area (Å²) >= 11 is 0. The summed E-state index contributed by atoms with van der Waals surface area (Å²) in [6.07, 6.45) is 4.61. The minimum Gasteiger partial charge on any atom is -0.340 e. The number of nitrogens with zero attached hydrogens (tertiary/aromatic N) is 4. The second kappa shape index (κ2) is 5.67. The number of aromatic nitrogens is 4. The average molecular weight is 325 g/mol. The minimum absolute atomic E-state index is 0.0291. The lowest BCUT2D eigenvalue weighted by atomic mass is 10.1. The number of benzene rings is 1. The SMILES string of the molecule is Cn1ccnc1C1CCN(C(=O)Cn2c(=O)[nH]c3ccccc32)C1. The number of aromatic amines is 1. The normalized spacial score (nSPS) is 17.7. The highest BCUT2D eigenvalue weighted by atomic mass is 16.2. The van der Waals surface area contributed by atoms with Crippen molar-refractivity contribution in [3.05, 3.63) is 53.0 Å². The third kappa shape index (κ3) is 2.42. The van der Waals surface area contributed by atoms with E-state index in [1.54, 1.807) is 6.20 Å². The summed E-state index contributed by atoms with van der Waals surface area (Å²) in [6, 6.07) is 7.41. The first-order valence-electron chi connectivity index (χ1n) is 8.06. The number of imidazole rings is 2. The fraction of sp³-hybridized carbons (Fsp3) is 0.353. The Morgan fingerprint density at radius 3 is 3.00 bits per heavy atom. The molecule has 1 fully saturated rings. The monoisotopic (exact) mass is 325 g/mol. The summed E-state index contributed by atoms with van der Waals surface area (Å²) in [5, 5.41) is 0. The maximum atomic E-state index is 12.6. The molecule has 1 amide bonds. The number of aryl methyl sites for hydroxylation is 1. The summed E-state index contributed by atoms with van der Waals surface area (Å²) in [7, 11) is 1.97. The zero-order valence-electron chi connectivity index (χ0n) is 13.5. The Kier molecular flexibility index (Phi) is 3.48. The van der Waals surface area contributed by atoms with Crippen molar-refractivity contribution < 1.29 is 4.79 Å². The second-order valence-electron chi connectivity index (χ2n) is 6.26.